The zero-order valence-electron chi connectivity index (χ0n) is 13.4. The van der Waals surface area contributed by atoms with Gasteiger partial charge in [0, 0.05) is 13.1 Å². The van der Waals surface area contributed by atoms with Crippen LogP contribution in [0.25, 0.3) is 10.9 Å². The van der Waals surface area contributed by atoms with E-state index in [2.05, 4.69) is 4.98 Å². The number of hydrogen-bond donors (Lipinski definition) is 1. The molecular weight excluding hydrogens is 310 g/mol. The number of carbonyl (C=O) groups excluding carboxylic acids is 1. The van der Waals surface area contributed by atoms with E-state index in [-0.39, 0.29) is 24.6 Å². The van der Waals surface area contributed by atoms with E-state index < -0.39 is 11.9 Å². The number of amides is 1. The molecule has 3 rings (SSSR count). The topological polar surface area (TPSA) is 92.5 Å². The predicted octanol–water partition coefficient (Wildman–Crippen LogP) is 1.03. The maximum atomic E-state index is 12.5. The first-order chi connectivity index (χ1) is 11.5. The summed E-state index contributed by atoms with van der Waals surface area (Å²) in [5, 5.41) is 9.59. The molecule has 0 spiro atoms. The van der Waals surface area contributed by atoms with Crippen molar-refractivity contribution < 1.29 is 14.7 Å². The third-order valence-corrected chi connectivity index (χ3v) is 4.48. The fourth-order valence-corrected chi connectivity index (χ4v) is 3.10. The summed E-state index contributed by atoms with van der Waals surface area (Å²) in [5.74, 6) is -1.67. The Morgan fingerprint density at radius 1 is 1.38 bits per heavy atom. The highest BCUT2D eigenvalue weighted by Gasteiger charge is 2.28. The molecule has 1 atom stereocenters. The summed E-state index contributed by atoms with van der Waals surface area (Å²) in [7, 11) is 0. The number of aryl methyl sites for hydroxylation is 1. The number of para-hydroxylation sites is 1. The number of carboxylic acids is 1. The summed E-state index contributed by atoms with van der Waals surface area (Å²) < 4.78 is 1.29. The second kappa shape index (κ2) is 6.43. The van der Waals surface area contributed by atoms with E-state index in [0.29, 0.717) is 30.3 Å². The minimum Gasteiger partial charge on any atom is -0.481 e. The number of hydrogen-bond acceptors (Lipinski definition) is 4. The summed E-state index contributed by atoms with van der Waals surface area (Å²) in [6.45, 7) is 2.48. The third kappa shape index (κ3) is 3.02. The van der Waals surface area contributed by atoms with Crippen LogP contribution in [0.15, 0.2) is 29.3 Å². The van der Waals surface area contributed by atoms with Gasteiger partial charge in [0.2, 0.25) is 5.91 Å². The van der Waals surface area contributed by atoms with E-state index in [0.717, 1.165) is 5.56 Å². The van der Waals surface area contributed by atoms with E-state index in [1.54, 1.807) is 12.1 Å². The second-order valence-electron chi connectivity index (χ2n) is 6.17. The lowest BCUT2D eigenvalue weighted by Gasteiger charge is -2.30. The molecule has 7 heteroatoms. The summed E-state index contributed by atoms with van der Waals surface area (Å²) in [6.07, 6.45) is 2.62. The molecule has 0 unspecified atom stereocenters. The zero-order valence-corrected chi connectivity index (χ0v) is 13.4. The number of rotatable bonds is 3. The number of carboxylic acid groups (broad SMARTS) is 1. The monoisotopic (exact) mass is 329 g/mol. The standard InChI is InChI=1S/C17H19N3O4/c1-11-4-2-6-13-15(11)18-10-20(16(13)22)9-14(21)19-7-3-5-12(8-19)17(23)24/h2,4,6,10,12H,3,5,7-9H2,1H3,(H,23,24)/t12-/m0/s1. The van der Waals surface area contributed by atoms with Crippen molar-refractivity contribution >= 4 is 22.8 Å². The highest BCUT2D eigenvalue weighted by molar-refractivity contribution is 5.81. The fraction of sp³-hybridized carbons (Fsp3) is 0.412. The average Bonchev–Trinajstić information content (AvgIpc) is 2.58. The molecule has 1 fully saturated rings. The molecule has 0 saturated carbocycles. The molecule has 126 valence electrons. The van der Waals surface area contributed by atoms with Crippen molar-refractivity contribution in [3.05, 3.63) is 40.4 Å². The molecule has 1 N–H and O–H groups in total. The van der Waals surface area contributed by atoms with Gasteiger partial charge in [-0.1, -0.05) is 12.1 Å². The van der Waals surface area contributed by atoms with E-state index in [1.807, 2.05) is 13.0 Å². The average molecular weight is 329 g/mol. The Morgan fingerprint density at radius 3 is 2.92 bits per heavy atom. The molecule has 1 amide bonds. The summed E-state index contributed by atoms with van der Waals surface area (Å²) >= 11 is 0. The van der Waals surface area contributed by atoms with Crippen LogP contribution in [0.4, 0.5) is 0 Å². The number of aliphatic carboxylic acids is 1. The Hall–Kier alpha value is -2.70. The maximum absolute atomic E-state index is 12.5. The van der Waals surface area contributed by atoms with Crippen molar-refractivity contribution in [1.29, 1.82) is 0 Å². The van der Waals surface area contributed by atoms with Gasteiger partial charge < -0.3 is 10.0 Å². The van der Waals surface area contributed by atoms with Crippen molar-refractivity contribution in [2.45, 2.75) is 26.3 Å². The first-order valence-corrected chi connectivity index (χ1v) is 7.92. The molecule has 1 saturated heterocycles. The Bertz CT molecular complexity index is 859. The number of piperidine rings is 1. The van der Waals surface area contributed by atoms with Gasteiger partial charge in [-0.2, -0.15) is 0 Å². The van der Waals surface area contributed by atoms with Crippen LogP contribution in [0, 0.1) is 12.8 Å². The van der Waals surface area contributed by atoms with Crippen LogP contribution in [0.3, 0.4) is 0 Å². The van der Waals surface area contributed by atoms with E-state index >= 15 is 0 Å². The van der Waals surface area contributed by atoms with Crippen LogP contribution in [-0.2, 0) is 16.1 Å². The molecule has 2 heterocycles. The lowest BCUT2D eigenvalue weighted by atomic mass is 9.98. The van der Waals surface area contributed by atoms with Gasteiger partial charge in [0.15, 0.2) is 0 Å². The summed E-state index contributed by atoms with van der Waals surface area (Å²) in [5.41, 5.74) is 1.28. The Morgan fingerprint density at radius 2 is 2.17 bits per heavy atom. The Labute approximate surface area is 138 Å². The third-order valence-electron chi connectivity index (χ3n) is 4.48. The molecular formula is C17H19N3O4. The lowest BCUT2D eigenvalue weighted by molar-refractivity contribution is -0.145. The smallest absolute Gasteiger partial charge is 0.308 e. The number of benzene rings is 1. The minimum atomic E-state index is -0.882. The normalized spacial score (nSPS) is 17.9. The second-order valence-corrected chi connectivity index (χ2v) is 6.17. The van der Waals surface area contributed by atoms with Crippen molar-refractivity contribution in [3.8, 4) is 0 Å². The molecule has 7 nitrogen and oxygen atoms in total. The molecule has 2 aromatic rings. The van der Waals surface area contributed by atoms with Crippen LogP contribution in [-0.4, -0.2) is 44.5 Å². The highest BCUT2D eigenvalue weighted by atomic mass is 16.4. The van der Waals surface area contributed by atoms with Gasteiger partial charge >= 0.3 is 5.97 Å². The van der Waals surface area contributed by atoms with Crippen LogP contribution in [0.2, 0.25) is 0 Å². The van der Waals surface area contributed by atoms with Gasteiger partial charge in [-0.25, -0.2) is 4.98 Å². The molecule has 1 aromatic carbocycles. The number of carbonyl (C=O) groups is 2. The first kappa shape index (κ1) is 16.2. The van der Waals surface area contributed by atoms with E-state index in [4.69, 9.17) is 5.11 Å². The molecule has 1 aliphatic heterocycles. The number of aromatic nitrogens is 2. The van der Waals surface area contributed by atoms with Gasteiger partial charge in [0.05, 0.1) is 23.1 Å². The van der Waals surface area contributed by atoms with E-state index in [1.165, 1.54) is 15.8 Å². The maximum Gasteiger partial charge on any atom is 0.308 e. The SMILES string of the molecule is Cc1cccc2c(=O)n(CC(=O)N3CCC[C@H](C(=O)O)C3)cnc12. The zero-order chi connectivity index (χ0) is 17.3. The van der Waals surface area contributed by atoms with Crippen LogP contribution in [0.1, 0.15) is 18.4 Å². The predicted molar refractivity (Wildman–Crippen MR) is 87.7 cm³/mol. The van der Waals surface area contributed by atoms with Crippen LogP contribution >= 0.6 is 0 Å². The Balaban J connectivity index is 1.82. The quantitative estimate of drug-likeness (QED) is 0.908. The molecule has 24 heavy (non-hydrogen) atoms. The summed E-state index contributed by atoms with van der Waals surface area (Å²) in [6, 6.07) is 5.36. The van der Waals surface area contributed by atoms with Crippen molar-refractivity contribution in [1.82, 2.24) is 14.5 Å². The molecule has 0 aliphatic carbocycles. The van der Waals surface area contributed by atoms with Crippen molar-refractivity contribution in [2.75, 3.05) is 13.1 Å². The van der Waals surface area contributed by atoms with Gasteiger partial charge in [-0.3, -0.25) is 19.0 Å². The molecule has 0 radical (unpaired) electrons. The minimum absolute atomic E-state index is 0.123. The number of likely N-dealkylation sites (tertiary alicyclic amines) is 1. The van der Waals surface area contributed by atoms with Gasteiger partial charge in [-0.05, 0) is 31.4 Å². The number of nitrogens with zero attached hydrogens (tertiary/aromatic N) is 3. The van der Waals surface area contributed by atoms with Gasteiger partial charge in [-0.15, -0.1) is 0 Å². The van der Waals surface area contributed by atoms with Crippen LogP contribution in [0.5, 0.6) is 0 Å². The van der Waals surface area contributed by atoms with Gasteiger partial charge in [0.25, 0.3) is 5.56 Å². The highest BCUT2D eigenvalue weighted by Crippen LogP contribution is 2.17. The van der Waals surface area contributed by atoms with Crippen LogP contribution < -0.4 is 5.56 Å². The molecule has 0 bridgehead atoms. The summed E-state index contributed by atoms with van der Waals surface area (Å²) in [4.78, 5) is 41.9. The Kier molecular flexibility index (Phi) is 4.33. The van der Waals surface area contributed by atoms with E-state index in [9.17, 15) is 14.4 Å². The number of fused-ring (bicyclic) bond motifs is 1. The van der Waals surface area contributed by atoms with Crippen molar-refractivity contribution in [3.63, 3.8) is 0 Å². The van der Waals surface area contributed by atoms with Gasteiger partial charge in [0.1, 0.15) is 6.54 Å². The van der Waals surface area contributed by atoms with Crippen molar-refractivity contribution in [2.24, 2.45) is 5.92 Å². The fourth-order valence-electron chi connectivity index (χ4n) is 3.10. The largest absolute Gasteiger partial charge is 0.481 e. The molecule has 1 aromatic heterocycles. The lowest BCUT2D eigenvalue weighted by Crippen LogP contribution is -2.44. The molecule has 1 aliphatic rings. The first-order valence-electron chi connectivity index (χ1n) is 7.92.